The van der Waals surface area contributed by atoms with E-state index in [1.54, 1.807) is 41.5 Å². The van der Waals surface area contributed by atoms with Crippen molar-refractivity contribution < 1.29 is 54.1 Å². The number of oxime groups is 1. The number of ether oxygens (including phenoxy) is 5. The molecule has 306 valence electrons. The molecule has 5 N–H and O–H groups in total. The maximum atomic E-state index is 14.3. The molecule has 3 saturated heterocycles. The molecule has 0 bridgehead atoms. The lowest BCUT2D eigenvalue weighted by atomic mass is 9.67. The number of nitrogens with zero attached hydrogens (tertiary/aromatic N) is 2. The molecule has 3 heterocycles. The molecular weight excluding hydrogens is 684 g/mol. The summed E-state index contributed by atoms with van der Waals surface area (Å²) >= 11 is 0. The minimum Gasteiger partial charge on any atom is -0.459 e. The molecule has 0 aromatic heterocycles. The normalized spacial score (nSPS) is 47.5. The summed E-state index contributed by atoms with van der Waals surface area (Å²) in [6.07, 6.45) is 1.15. The second-order valence-corrected chi connectivity index (χ2v) is 17.0. The van der Waals surface area contributed by atoms with E-state index in [9.17, 15) is 30.4 Å². The van der Waals surface area contributed by atoms with Crippen LogP contribution in [-0.2, 0) is 28.5 Å². The van der Waals surface area contributed by atoms with Gasteiger partial charge in [0.1, 0.15) is 17.8 Å². The van der Waals surface area contributed by atoms with Gasteiger partial charge in [-0.3, -0.25) is 4.79 Å². The molecule has 0 aliphatic carbocycles. The highest BCUT2D eigenvalue weighted by Crippen LogP contribution is 2.45. The molecule has 13 nitrogen and oxygen atoms in total. The van der Waals surface area contributed by atoms with Gasteiger partial charge in [-0.2, -0.15) is 0 Å². The van der Waals surface area contributed by atoms with Crippen LogP contribution in [0.4, 0.5) is 0 Å². The minimum absolute atomic E-state index is 0.0353. The molecular formula is C40H70N2O11. The van der Waals surface area contributed by atoms with Crippen molar-refractivity contribution >= 4 is 11.7 Å². The lowest BCUT2D eigenvalue weighted by Gasteiger charge is -2.51. The molecule has 0 saturated carbocycles. The first-order valence-corrected chi connectivity index (χ1v) is 19.5. The molecule has 3 aliphatic heterocycles. The average Bonchev–Trinajstić information content (AvgIpc) is 3.09. The van der Waals surface area contributed by atoms with Crippen LogP contribution >= 0.6 is 0 Å². The molecule has 3 aliphatic rings. The Kier molecular flexibility index (Phi) is 15.8. The van der Waals surface area contributed by atoms with Gasteiger partial charge in [0, 0.05) is 56.7 Å². The fourth-order valence-electron chi connectivity index (χ4n) is 9.46. The highest BCUT2D eigenvalue weighted by atomic mass is 16.7. The van der Waals surface area contributed by atoms with E-state index in [1.165, 1.54) is 14.0 Å². The van der Waals surface area contributed by atoms with Crippen molar-refractivity contribution in [3.05, 3.63) is 0 Å². The predicted molar refractivity (Wildman–Crippen MR) is 200 cm³/mol. The van der Waals surface area contributed by atoms with Gasteiger partial charge in [-0.25, -0.2) is 0 Å². The number of carbonyl (C=O) groups is 1. The monoisotopic (exact) mass is 754 g/mol. The third-order valence-electron chi connectivity index (χ3n) is 12.8. The zero-order valence-electron chi connectivity index (χ0n) is 34.2. The number of aliphatic hydroxyl groups is 4. The molecule has 13 heteroatoms. The Bertz CT molecular complexity index is 1270. The van der Waals surface area contributed by atoms with Crippen LogP contribution in [0.25, 0.3) is 0 Å². The van der Waals surface area contributed by atoms with E-state index < -0.39 is 95.3 Å². The van der Waals surface area contributed by atoms with Gasteiger partial charge in [0.05, 0.1) is 53.4 Å². The van der Waals surface area contributed by atoms with E-state index in [2.05, 4.69) is 16.0 Å². The van der Waals surface area contributed by atoms with Crippen molar-refractivity contribution in [2.75, 3.05) is 20.7 Å². The molecule has 53 heavy (non-hydrogen) atoms. The van der Waals surface area contributed by atoms with Crippen molar-refractivity contribution in [3.63, 3.8) is 0 Å². The molecule has 6 unspecified atom stereocenters. The molecule has 0 amide bonds. The number of aliphatic hydroxyl groups excluding tert-OH is 2. The summed E-state index contributed by atoms with van der Waals surface area (Å²) in [5, 5.41) is 61.0. The minimum atomic E-state index is -1.92. The predicted octanol–water partition coefficient (Wildman–Crippen LogP) is 3.74. The van der Waals surface area contributed by atoms with Crippen LogP contribution in [0.5, 0.6) is 0 Å². The maximum Gasteiger partial charge on any atom is 0.309 e. The van der Waals surface area contributed by atoms with Crippen LogP contribution in [0, 0.1) is 41.9 Å². The Balaban J connectivity index is 2.22. The van der Waals surface area contributed by atoms with E-state index in [4.69, 9.17) is 30.1 Å². The third-order valence-corrected chi connectivity index (χ3v) is 12.8. The Morgan fingerprint density at radius 1 is 1.00 bits per heavy atom. The van der Waals surface area contributed by atoms with Crippen LogP contribution in [0.3, 0.4) is 0 Å². The molecule has 0 aromatic carbocycles. The summed E-state index contributed by atoms with van der Waals surface area (Å²) in [5.74, 6) is -1.55. The fraction of sp³-hybridized carbons (Fsp3) is 0.900. The van der Waals surface area contributed by atoms with E-state index >= 15 is 0 Å². The molecule has 17 atom stereocenters. The summed E-state index contributed by atoms with van der Waals surface area (Å²) in [7, 11) is 3.56. The van der Waals surface area contributed by atoms with Gasteiger partial charge < -0.3 is 54.2 Å². The number of hydrogen-bond donors (Lipinski definition) is 5. The first kappa shape index (κ1) is 45.5. The van der Waals surface area contributed by atoms with Crippen LogP contribution < -0.4 is 0 Å². The first-order chi connectivity index (χ1) is 24.6. The van der Waals surface area contributed by atoms with Crippen LogP contribution in [0.1, 0.15) is 108 Å². The SMILES string of the molecule is C#CCCN(C)C1CC(O[C@@H]2[C@@H](C)[C@H](C3C[C@@](C)(OC)[C@@H](O)[C@H](C)O3)C(C)C(=O)O[C@H](CC)[C@@](C)(O)C(O)C(C)/C(=N/O)[C@H](C)C[C@@]2(C)O)O[C@H](C)C1. The zero-order valence-corrected chi connectivity index (χ0v) is 34.2. The van der Waals surface area contributed by atoms with E-state index in [0.29, 0.717) is 19.4 Å². The molecule has 0 spiro atoms. The van der Waals surface area contributed by atoms with E-state index in [1.807, 2.05) is 27.8 Å². The number of cyclic esters (lactones) is 1. The van der Waals surface area contributed by atoms with Crippen molar-refractivity contribution in [1.82, 2.24) is 4.90 Å². The average molecular weight is 755 g/mol. The van der Waals surface area contributed by atoms with Gasteiger partial charge >= 0.3 is 5.97 Å². The van der Waals surface area contributed by atoms with Gasteiger partial charge in [0.15, 0.2) is 6.29 Å². The van der Waals surface area contributed by atoms with Gasteiger partial charge in [-0.15, -0.1) is 12.3 Å². The Hall–Kier alpha value is -1.86. The fourth-order valence-corrected chi connectivity index (χ4v) is 9.46. The van der Waals surface area contributed by atoms with Gasteiger partial charge in [-0.1, -0.05) is 39.8 Å². The van der Waals surface area contributed by atoms with Crippen molar-refractivity contribution in [2.45, 2.75) is 180 Å². The van der Waals surface area contributed by atoms with Crippen LogP contribution in [-0.4, -0.2) is 135 Å². The molecule has 0 radical (unpaired) electrons. The number of methoxy groups -OCH3 is 1. The lowest BCUT2D eigenvalue weighted by Crippen LogP contribution is -2.61. The summed E-state index contributed by atoms with van der Waals surface area (Å²) < 4.78 is 31.8. The Morgan fingerprint density at radius 2 is 1.64 bits per heavy atom. The van der Waals surface area contributed by atoms with Crippen molar-refractivity contribution in [2.24, 2.45) is 34.7 Å². The second-order valence-electron chi connectivity index (χ2n) is 17.0. The maximum absolute atomic E-state index is 14.3. The first-order valence-electron chi connectivity index (χ1n) is 19.5. The van der Waals surface area contributed by atoms with Gasteiger partial charge in [-0.05, 0) is 66.8 Å². The second kappa shape index (κ2) is 18.4. The van der Waals surface area contributed by atoms with Crippen molar-refractivity contribution in [3.8, 4) is 12.3 Å². The highest BCUT2D eigenvalue weighted by Gasteiger charge is 2.55. The summed E-state index contributed by atoms with van der Waals surface area (Å²) in [5.41, 5.74) is -4.40. The lowest BCUT2D eigenvalue weighted by molar-refractivity contribution is -0.275. The topological polar surface area (TPSA) is 180 Å². The third kappa shape index (κ3) is 10.1. The van der Waals surface area contributed by atoms with E-state index in [-0.39, 0.29) is 37.1 Å². The summed E-state index contributed by atoms with van der Waals surface area (Å²) in [6.45, 7) is 18.1. The number of rotatable bonds is 8. The number of terminal acetylenes is 1. The smallest absolute Gasteiger partial charge is 0.309 e. The number of esters is 1. The van der Waals surface area contributed by atoms with Gasteiger partial charge in [0.2, 0.25) is 0 Å². The van der Waals surface area contributed by atoms with Crippen molar-refractivity contribution in [1.29, 1.82) is 0 Å². The Labute approximate surface area is 317 Å². The van der Waals surface area contributed by atoms with Crippen LogP contribution in [0.2, 0.25) is 0 Å². The largest absolute Gasteiger partial charge is 0.459 e. The van der Waals surface area contributed by atoms with Gasteiger partial charge in [0.25, 0.3) is 0 Å². The highest BCUT2D eigenvalue weighted by molar-refractivity contribution is 5.88. The number of hydrogen-bond acceptors (Lipinski definition) is 13. The number of carbonyl (C=O) groups excluding carboxylic acids is 1. The summed E-state index contributed by atoms with van der Waals surface area (Å²) in [4.78, 5) is 16.5. The molecule has 3 fully saturated rings. The molecule has 0 aromatic rings. The Morgan fingerprint density at radius 3 is 2.21 bits per heavy atom. The van der Waals surface area contributed by atoms with Crippen LogP contribution in [0.15, 0.2) is 5.16 Å². The van der Waals surface area contributed by atoms with E-state index in [0.717, 1.165) is 6.42 Å². The summed E-state index contributed by atoms with van der Waals surface area (Å²) in [6, 6.07) is 0.0974. The molecule has 3 rings (SSSR count). The zero-order chi connectivity index (χ0) is 40.2. The quantitative estimate of drug-likeness (QED) is 0.105. The standard InChI is InChI=1S/C40H70N2O11/c1-14-16-17-42(12)28-18-23(4)50-31(19-28)53-36-24(5)32(29-21-39(10,49-13)35(44)27(8)51-29)25(6)37(45)52-30(15-2)40(11,47)34(43)26(7)33(41-48)22(3)20-38(36,9)46/h1,22-32,34-36,43-44,46-48H,15-21H2,2-13H3/b41-33+/t22-,23-,24+,25?,26?,27+,28?,29?,30-,31?,32+,34?,35+,36-,38-,39-,40-/m1/s1.